The molecule has 1 amide bonds. The van der Waals surface area contributed by atoms with Gasteiger partial charge in [-0.2, -0.15) is 0 Å². The number of nitrogens with zero attached hydrogens (tertiary/aromatic N) is 3. The van der Waals surface area contributed by atoms with E-state index in [0.717, 1.165) is 45.3 Å². The van der Waals surface area contributed by atoms with Crippen LogP contribution in [0, 0.1) is 25.5 Å². The number of morpholine rings is 1. The summed E-state index contributed by atoms with van der Waals surface area (Å²) in [5, 5.41) is 2.57. The monoisotopic (exact) mass is 671 g/mol. The number of anilines is 1. The normalized spacial score (nSPS) is 13.3. The van der Waals surface area contributed by atoms with Gasteiger partial charge in [-0.1, -0.05) is 6.07 Å². The molecular weight excluding hydrogens is 636 g/mol. The molecule has 13 heteroatoms. The van der Waals surface area contributed by atoms with E-state index in [-0.39, 0.29) is 34.2 Å². The molecular formula is C36H35F2N5O6. The van der Waals surface area contributed by atoms with E-state index >= 15 is 4.39 Å². The van der Waals surface area contributed by atoms with E-state index in [2.05, 4.69) is 25.2 Å². The Labute approximate surface area is 280 Å². The lowest BCUT2D eigenvalue weighted by molar-refractivity contribution is 0.0357. The SMILES string of the molecule is COc1cc2nccc(Oc3ccc(NC(=O)c4c[nH]c(C)c(-c5ccc(F)cc5C)c4=O)cc3F)c2nc1OCCCN1CCOCC1. The van der Waals surface area contributed by atoms with E-state index in [1.165, 1.54) is 49.8 Å². The van der Waals surface area contributed by atoms with E-state index in [0.29, 0.717) is 40.2 Å². The summed E-state index contributed by atoms with van der Waals surface area (Å²) in [5.41, 5.74) is 1.98. The summed E-state index contributed by atoms with van der Waals surface area (Å²) < 4.78 is 51.9. The van der Waals surface area contributed by atoms with Crippen molar-refractivity contribution in [3.63, 3.8) is 0 Å². The number of rotatable bonds is 11. The molecule has 49 heavy (non-hydrogen) atoms. The Morgan fingerprint density at radius 2 is 1.86 bits per heavy atom. The van der Waals surface area contributed by atoms with Gasteiger partial charge >= 0.3 is 0 Å². The number of H-pyrrole nitrogens is 1. The van der Waals surface area contributed by atoms with E-state index in [4.69, 9.17) is 18.9 Å². The largest absolute Gasteiger partial charge is 0.491 e. The van der Waals surface area contributed by atoms with Crippen molar-refractivity contribution in [2.75, 3.05) is 51.9 Å². The first-order valence-electron chi connectivity index (χ1n) is 15.8. The van der Waals surface area contributed by atoms with Crippen LogP contribution in [0.3, 0.4) is 0 Å². The molecule has 254 valence electrons. The van der Waals surface area contributed by atoms with Crippen LogP contribution in [0.15, 0.2) is 65.7 Å². The number of ether oxygens (including phenoxy) is 4. The van der Waals surface area contributed by atoms with Crippen molar-refractivity contribution in [1.82, 2.24) is 19.9 Å². The van der Waals surface area contributed by atoms with Gasteiger partial charge in [0.15, 0.2) is 23.1 Å². The smallest absolute Gasteiger partial charge is 0.261 e. The molecule has 2 aromatic carbocycles. The topological polar surface area (TPSA) is 128 Å². The third-order valence-electron chi connectivity index (χ3n) is 8.18. The zero-order chi connectivity index (χ0) is 34.5. The van der Waals surface area contributed by atoms with E-state index in [1.807, 2.05) is 0 Å². The molecule has 0 saturated carbocycles. The van der Waals surface area contributed by atoms with Crippen LogP contribution < -0.4 is 25.0 Å². The summed E-state index contributed by atoms with van der Waals surface area (Å²) in [5.74, 6) is -1.17. The first kappa shape index (κ1) is 33.5. The Morgan fingerprint density at radius 3 is 2.61 bits per heavy atom. The molecule has 2 N–H and O–H groups in total. The number of halogens is 2. The van der Waals surface area contributed by atoms with Gasteiger partial charge in [0.05, 0.1) is 32.4 Å². The molecule has 0 unspecified atom stereocenters. The van der Waals surface area contributed by atoms with Gasteiger partial charge in [0, 0.05) is 67.2 Å². The molecule has 6 rings (SSSR count). The fourth-order valence-corrected chi connectivity index (χ4v) is 5.63. The second-order valence-electron chi connectivity index (χ2n) is 11.5. The zero-order valence-corrected chi connectivity index (χ0v) is 27.3. The number of carbonyl (C=O) groups excluding carboxylic acids is 1. The molecule has 1 fully saturated rings. The van der Waals surface area contributed by atoms with Crippen LogP contribution in [0.2, 0.25) is 0 Å². The fraction of sp³-hybridized carbons (Fsp3) is 0.278. The van der Waals surface area contributed by atoms with Gasteiger partial charge in [0.2, 0.25) is 5.43 Å². The van der Waals surface area contributed by atoms with Gasteiger partial charge in [-0.05, 0) is 55.7 Å². The number of benzene rings is 2. The summed E-state index contributed by atoms with van der Waals surface area (Å²) in [6.07, 6.45) is 3.58. The second-order valence-corrected chi connectivity index (χ2v) is 11.5. The first-order chi connectivity index (χ1) is 23.7. The molecule has 4 heterocycles. The van der Waals surface area contributed by atoms with Crippen molar-refractivity contribution < 1.29 is 32.5 Å². The van der Waals surface area contributed by atoms with Crippen LogP contribution in [0.1, 0.15) is 28.0 Å². The van der Waals surface area contributed by atoms with Gasteiger partial charge in [-0.15, -0.1) is 0 Å². The van der Waals surface area contributed by atoms with Crippen LogP contribution in [0.4, 0.5) is 14.5 Å². The number of aryl methyl sites for hydroxylation is 2. The minimum Gasteiger partial charge on any atom is -0.491 e. The van der Waals surface area contributed by atoms with E-state index in [1.54, 1.807) is 26.0 Å². The summed E-state index contributed by atoms with van der Waals surface area (Å²) >= 11 is 0. The molecule has 5 aromatic rings. The Hall–Kier alpha value is -5.40. The molecule has 1 aliphatic rings. The number of carbonyl (C=O) groups is 1. The highest BCUT2D eigenvalue weighted by Crippen LogP contribution is 2.35. The highest BCUT2D eigenvalue weighted by molar-refractivity contribution is 6.04. The van der Waals surface area contributed by atoms with Gasteiger partial charge in [-0.3, -0.25) is 19.5 Å². The summed E-state index contributed by atoms with van der Waals surface area (Å²) in [4.78, 5) is 40.8. The van der Waals surface area contributed by atoms with Crippen LogP contribution in [0.25, 0.3) is 22.2 Å². The van der Waals surface area contributed by atoms with Crippen molar-refractivity contribution >= 4 is 22.6 Å². The zero-order valence-electron chi connectivity index (χ0n) is 27.3. The highest BCUT2D eigenvalue weighted by atomic mass is 19.1. The number of hydrogen-bond donors (Lipinski definition) is 2. The molecule has 1 aliphatic heterocycles. The standard InChI is InChI=1S/C36H35F2N5O6/c1-21-17-23(37)5-7-25(21)32-22(2)40-20-26(34(32)44)35(45)41-24-6-8-29(27(38)18-24)49-30-9-10-39-28-19-31(46-3)36(42-33(28)30)48-14-4-11-43-12-15-47-16-13-43/h5-10,17-20H,4,11-16H2,1-3H3,(H,40,44)(H,41,45). The Bertz CT molecular complexity index is 2070. The number of aromatic nitrogens is 3. The molecule has 0 bridgehead atoms. The Morgan fingerprint density at radius 1 is 1.04 bits per heavy atom. The molecule has 11 nitrogen and oxygen atoms in total. The van der Waals surface area contributed by atoms with Gasteiger partial charge in [-0.25, -0.2) is 13.8 Å². The molecule has 0 radical (unpaired) electrons. The molecule has 0 aliphatic carbocycles. The number of pyridine rings is 3. The summed E-state index contributed by atoms with van der Waals surface area (Å²) in [6.45, 7) is 7.87. The molecule has 0 spiro atoms. The first-order valence-corrected chi connectivity index (χ1v) is 15.8. The predicted octanol–water partition coefficient (Wildman–Crippen LogP) is 6.03. The maximum absolute atomic E-state index is 15.4. The number of methoxy groups -OCH3 is 1. The number of fused-ring (bicyclic) bond motifs is 1. The van der Waals surface area contributed by atoms with E-state index in [9.17, 15) is 14.0 Å². The second kappa shape index (κ2) is 14.8. The van der Waals surface area contributed by atoms with Crippen molar-refractivity contribution in [2.24, 2.45) is 0 Å². The number of nitrogens with one attached hydrogen (secondary N) is 2. The van der Waals surface area contributed by atoms with Crippen molar-refractivity contribution in [1.29, 1.82) is 0 Å². The lowest BCUT2D eigenvalue weighted by atomic mass is 9.97. The Kier molecular flexibility index (Phi) is 10.1. The third-order valence-corrected chi connectivity index (χ3v) is 8.18. The van der Waals surface area contributed by atoms with Crippen LogP contribution in [-0.4, -0.2) is 72.3 Å². The predicted molar refractivity (Wildman–Crippen MR) is 180 cm³/mol. The third kappa shape index (κ3) is 7.53. The molecule has 1 saturated heterocycles. The molecule has 0 atom stereocenters. The van der Waals surface area contributed by atoms with Gasteiger partial charge < -0.3 is 29.2 Å². The van der Waals surface area contributed by atoms with Crippen molar-refractivity contribution in [3.8, 4) is 34.3 Å². The van der Waals surface area contributed by atoms with E-state index < -0.39 is 23.0 Å². The van der Waals surface area contributed by atoms with Crippen molar-refractivity contribution in [3.05, 3.63) is 99.6 Å². The van der Waals surface area contributed by atoms with Crippen LogP contribution >= 0.6 is 0 Å². The Balaban J connectivity index is 1.18. The lowest BCUT2D eigenvalue weighted by Crippen LogP contribution is -2.37. The minimum absolute atomic E-state index is 0.101. The summed E-state index contributed by atoms with van der Waals surface area (Å²) in [7, 11) is 1.51. The van der Waals surface area contributed by atoms with Crippen molar-refractivity contribution in [2.45, 2.75) is 20.3 Å². The number of hydrogen-bond acceptors (Lipinski definition) is 9. The number of amides is 1. The maximum atomic E-state index is 15.4. The van der Waals surface area contributed by atoms with Gasteiger partial charge in [0.1, 0.15) is 16.9 Å². The fourth-order valence-electron chi connectivity index (χ4n) is 5.63. The summed E-state index contributed by atoms with van der Waals surface area (Å²) in [6, 6.07) is 11.2. The average Bonchev–Trinajstić information content (AvgIpc) is 3.09. The lowest BCUT2D eigenvalue weighted by Gasteiger charge is -2.26. The van der Waals surface area contributed by atoms with Gasteiger partial charge in [0.25, 0.3) is 11.8 Å². The molecule has 3 aromatic heterocycles. The number of aromatic amines is 1. The maximum Gasteiger partial charge on any atom is 0.261 e. The average molecular weight is 672 g/mol. The van der Waals surface area contributed by atoms with Crippen LogP contribution in [-0.2, 0) is 4.74 Å². The minimum atomic E-state index is -0.767. The van der Waals surface area contributed by atoms with Crippen LogP contribution in [0.5, 0.6) is 23.1 Å². The highest BCUT2D eigenvalue weighted by Gasteiger charge is 2.20. The quantitative estimate of drug-likeness (QED) is 0.162.